The lowest BCUT2D eigenvalue weighted by molar-refractivity contribution is -0.212. The second-order valence-corrected chi connectivity index (χ2v) is 8.48. The molecule has 0 aliphatic heterocycles. The van der Waals surface area contributed by atoms with E-state index in [-0.39, 0.29) is 17.9 Å². The fraction of sp³-hybridized carbons (Fsp3) is 0.833. The minimum absolute atomic E-state index is 0.0541. The molecule has 0 amide bonds. The van der Waals surface area contributed by atoms with Crippen molar-refractivity contribution in [2.45, 2.75) is 116 Å². The molecule has 0 spiro atoms. The molecule has 168 valence electrons. The molecule has 0 saturated heterocycles. The highest BCUT2D eigenvalue weighted by atomic mass is 16.7. The van der Waals surface area contributed by atoms with Gasteiger partial charge in [0, 0.05) is 20.0 Å². The van der Waals surface area contributed by atoms with Crippen LogP contribution in [0, 0.1) is 0 Å². The largest absolute Gasteiger partial charge is 0.466 e. The average Bonchev–Trinajstić information content (AvgIpc) is 3.02. The van der Waals surface area contributed by atoms with Gasteiger partial charge in [0.25, 0.3) is 0 Å². The molecule has 0 N–H and O–H groups in total. The third-order valence-electron chi connectivity index (χ3n) is 5.40. The quantitative estimate of drug-likeness (QED) is 0.170. The van der Waals surface area contributed by atoms with Crippen molar-refractivity contribution in [3.05, 3.63) is 11.6 Å². The lowest BCUT2D eigenvalue weighted by Crippen LogP contribution is -2.31. The molecule has 1 aliphatic rings. The SMILES string of the molecule is CCCCCCOC(=O)CCCCCCCCC1=CC(OC(C)(C)OC)CC1=O. The third kappa shape index (κ3) is 12.2. The van der Waals surface area contributed by atoms with Crippen LogP contribution in [0.25, 0.3) is 0 Å². The topological polar surface area (TPSA) is 61.8 Å². The number of carbonyl (C=O) groups is 2. The van der Waals surface area contributed by atoms with E-state index in [9.17, 15) is 9.59 Å². The minimum atomic E-state index is -0.668. The van der Waals surface area contributed by atoms with Crippen molar-refractivity contribution in [1.29, 1.82) is 0 Å². The summed E-state index contributed by atoms with van der Waals surface area (Å²) >= 11 is 0. The summed E-state index contributed by atoms with van der Waals surface area (Å²) in [7, 11) is 1.61. The molecule has 0 radical (unpaired) electrons. The molecule has 0 aromatic rings. The Balaban J connectivity index is 2.01. The van der Waals surface area contributed by atoms with E-state index in [0.29, 0.717) is 19.4 Å². The summed E-state index contributed by atoms with van der Waals surface area (Å²) in [5, 5.41) is 0. The van der Waals surface area contributed by atoms with Crippen molar-refractivity contribution in [1.82, 2.24) is 0 Å². The van der Waals surface area contributed by atoms with Crippen LogP contribution >= 0.6 is 0 Å². The van der Waals surface area contributed by atoms with Crippen LogP contribution in [0.2, 0.25) is 0 Å². The van der Waals surface area contributed by atoms with Crippen molar-refractivity contribution in [3.8, 4) is 0 Å². The molecule has 1 rings (SSSR count). The highest BCUT2D eigenvalue weighted by Gasteiger charge is 2.29. The van der Waals surface area contributed by atoms with Crippen molar-refractivity contribution in [2.24, 2.45) is 0 Å². The van der Waals surface area contributed by atoms with E-state index >= 15 is 0 Å². The van der Waals surface area contributed by atoms with Crippen LogP contribution in [0.5, 0.6) is 0 Å². The third-order valence-corrected chi connectivity index (χ3v) is 5.40. The Morgan fingerprint density at radius 2 is 1.69 bits per heavy atom. The fourth-order valence-electron chi connectivity index (χ4n) is 3.48. The van der Waals surface area contributed by atoms with Gasteiger partial charge in [0.05, 0.1) is 12.7 Å². The van der Waals surface area contributed by atoms with Crippen LogP contribution in [0.3, 0.4) is 0 Å². The zero-order chi connectivity index (χ0) is 21.5. The Morgan fingerprint density at radius 3 is 2.38 bits per heavy atom. The monoisotopic (exact) mass is 410 g/mol. The second kappa shape index (κ2) is 14.7. The molecule has 1 atom stereocenters. The molecule has 5 nitrogen and oxygen atoms in total. The van der Waals surface area contributed by atoms with Gasteiger partial charge in [-0.05, 0) is 51.2 Å². The van der Waals surface area contributed by atoms with Gasteiger partial charge in [-0.1, -0.05) is 51.9 Å². The van der Waals surface area contributed by atoms with Crippen LogP contribution < -0.4 is 0 Å². The lowest BCUT2D eigenvalue weighted by atomic mass is 10.0. The molecule has 1 aliphatic carbocycles. The summed E-state index contributed by atoms with van der Waals surface area (Å²) in [5.74, 6) is -0.519. The van der Waals surface area contributed by atoms with Crippen LogP contribution in [-0.2, 0) is 23.8 Å². The van der Waals surface area contributed by atoms with Crippen LogP contribution in [0.15, 0.2) is 11.6 Å². The van der Waals surface area contributed by atoms with Crippen LogP contribution in [-0.4, -0.2) is 37.4 Å². The lowest BCUT2D eigenvalue weighted by Gasteiger charge is -2.26. The van der Waals surface area contributed by atoms with Gasteiger partial charge < -0.3 is 14.2 Å². The number of methoxy groups -OCH3 is 1. The molecule has 29 heavy (non-hydrogen) atoms. The van der Waals surface area contributed by atoms with Crippen LogP contribution in [0.1, 0.15) is 104 Å². The van der Waals surface area contributed by atoms with Crippen molar-refractivity contribution >= 4 is 11.8 Å². The van der Waals surface area contributed by atoms with Gasteiger partial charge >= 0.3 is 5.97 Å². The Bertz CT molecular complexity index is 509. The number of ether oxygens (including phenoxy) is 3. The number of allylic oxidation sites excluding steroid dienone is 1. The molecule has 5 heteroatoms. The normalized spacial score (nSPS) is 16.9. The van der Waals surface area contributed by atoms with Gasteiger partial charge in [-0.15, -0.1) is 0 Å². The van der Waals surface area contributed by atoms with Gasteiger partial charge in [-0.3, -0.25) is 9.59 Å². The van der Waals surface area contributed by atoms with E-state index in [1.165, 1.54) is 12.8 Å². The summed E-state index contributed by atoms with van der Waals surface area (Å²) in [6.45, 7) is 6.46. The van der Waals surface area contributed by atoms with E-state index < -0.39 is 5.79 Å². The van der Waals surface area contributed by atoms with E-state index in [1.807, 2.05) is 19.9 Å². The smallest absolute Gasteiger partial charge is 0.305 e. The van der Waals surface area contributed by atoms with Crippen molar-refractivity contribution in [2.75, 3.05) is 13.7 Å². The molecule has 0 fully saturated rings. The highest BCUT2D eigenvalue weighted by molar-refractivity contribution is 5.98. The van der Waals surface area contributed by atoms with Gasteiger partial charge in [-0.25, -0.2) is 0 Å². The fourth-order valence-corrected chi connectivity index (χ4v) is 3.48. The summed E-state index contributed by atoms with van der Waals surface area (Å²) in [4.78, 5) is 23.8. The summed E-state index contributed by atoms with van der Waals surface area (Å²) < 4.78 is 16.3. The summed E-state index contributed by atoms with van der Waals surface area (Å²) in [5.41, 5.74) is 0.906. The Kier molecular flexibility index (Phi) is 13.1. The van der Waals surface area contributed by atoms with Crippen molar-refractivity contribution < 1.29 is 23.8 Å². The average molecular weight is 411 g/mol. The molecule has 0 aromatic carbocycles. The highest BCUT2D eigenvalue weighted by Crippen LogP contribution is 2.26. The first-order chi connectivity index (χ1) is 13.9. The van der Waals surface area contributed by atoms with E-state index in [4.69, 9.17) is 14.2 Å². The maximum Gasteiger partial charge on any atom is 0.305 e. The van der Waals surface area contributed by atoms with Gasteiger partial charge in [-0.2, -0.15) is 0 Å². The zero-order valence-electron chi connectivity index (χ0n) is 19.1. The first-order valence-electron chi connectivity index (χ1n) is 11.5. The molecule has 0 aromatic heterocycles. The maximum atomic E-state index is 12.1. The number of rotatable bonds is 17. The van der Waals surface area contributed by atoms with E-state index in [0.717, 1.165) is 63.4 Å². The van der Waals surface area contributed by atoms with Crippen molar-refractivity contribution in [3.63, 3.8) is 0 Å². The van der Waals surface area contributed by atoms with Crippen LogP contribution in [0.4, 0.5) is 0 Å². The van der Waals surface area contributed by atoms with Gasteiger partial charge in [0.2, 0.25) is 0 Å². The predicted octanol–water partition coefficient (Wildman–Crippen LogP) is 5.90. The molecule has 1 unspecified atom stereocenters. The Morgan fingerprint density at radius 1 is 1.03 bits per heavy atom. The number of Topliss-reactive ketones (excluding diaryl/α,β-unsaturated/α-hetero) is 1. The second-order valence-electron chi connectivity index (χ2n) is 8.48. The summed E-state index contributed by atoms with van der Waals surface area (Å²) in [6.07, 6.45) is 14.5. The maximum absolute atomic E-state index is 12.1. The standard InChI is InChI=1S/C24H42O5/c1-5-6-7-14-17-28-23(26)16-13-11-9-8-10-12-15-20-18-21(19-22(20)25)29-24(2,3)27-4/h18,21H,5-17,19H2,1-4H3. The number of ketones is 1. The number of unbranched alkanes of at least 4 members (excludes halogenated alkanes) is 8. The minimum Gasteiger partial charge on any atom is -0.466 e. The molecule has 0 bridgehead atoms. The summed E-state index contributed by atoms with van der Waals surface area (Å²) in [6, 6.07) is 0. The predicted molar refractivity (Wildman–Crippen MR) is 116 cm³/mol. The first-order valence-corrected chi connectivity index (χ1v) is 11.5. The Hall–Kier alpha value is -1.20. The Labute approximate surface area is 177 Å². The zero-order valence-corrected chi connectivity index (χ0v) is 19.1. The molecular formula is C24H42O5. The van der Waals surface area contributed by atoms with E-state index in [1.54, 1.807) is 7.11 Å². The van der Waals surface area contributed by atoms with Gasteiger partial charge in [0.15, 0.2) is 11.6 Å². The number of carbonyl (C=O) groups excluding carboxylic acids is 2. The number of esters is 1. The van der Waals surface area contributed by atoms with E-state index in [2.05, 4.69) is 6.92 Å². The molecule has 0 heterocycles. The number of hydrogen-bond acceptors (Lipinski definition) is 5. The molecular weight excluding hydrogens is 368 g/mol. The molecule has 0 saturated carbocycles. The number of hydrogen-bond donors (Lipinski definition) is 0. The van der Waals surface area contributed by atoms with Gasteiger partial charge in [0.1, 0.15) is 0 Å². The first kappa shape index (κ1) is 25.8.